The zero-order valence-corrected chi connectivity index (χ0v) is 13.1. The second kappa shape index (κ2) is 5.88. The molecule has 2 rings (SSSR count). The number of nitrogens with two attached hydrogens (primary N) is 1. The van der Waals surface area contributed by atoms with E-state index in [1.165, 1.54) is 18.2 Å². The Hall–Kier alpha value is -1.47. The summed E-state index contributed by atoms with van der Waals surface area (Å²) in [5.74, 6) is -2.36. The van der Waals surface area contributed by atoms with Crippen LogP contribution in [0.4, 0.5) is 20.2 Å². The summed E-state index contributed by atoms with van der Waals surface area (Å²) in [5.41, 5.74) is 5.80. The highest BCUT2D eigenvalue weighted by molar-refractivity contribution is 9.10. The molecule has 0 unspecified atom stereocenters. The topological polar surface area (TPSA) is 55.1 Å². The van der Waals surface area contributed by atoms with Gasteiger partial charge >= 0.3 is 0 Å². The standard InChI is InChI=1S/C13H8Br2F2N2O/c14-7-4-9(16)12(10(17)5-7)19-13(20)6-1-2-11(18)8(15)3-6/h1-5H,18H2,(H,19,20). The highest BCUT2D eigenvalue weighted by atomic mass is 79.9. The summed E-state index contributed by atoms with van der Waals surface area (Å²) in [7, 11) is 0. The summed E-state index contributed by atoms with van der Waals surface area (Å²) in [6.07, 6.45) is 0. The van der Waals surface area contributed by atoms with Crippen LogP contribution in [-0.2, 0) is 0 Å². The van der Waals surface area contributed by atoms with Crippen molar-refractivity contribution in [3.63, 3.8) is 0 Å². The fourth-order valence-corrected chi connectivity index (χ4v) is 2.30. The lowest BCUT2D eigenvalue weighted by Crippen LogP contribution is -2.14. The third kappa shape index (κ3) is 3.16. The van der Waals surface area contributed by atoms with E-state index in [1.807, 2.05) is 0 Å². The Morgan fingerprint density at radius 3 is 2.25 bits per heavy atom. The maximum atomic E-state index is 13.6. The van der Waals surface area contributed by atoms with Gasteiger partial charge in [-0.25, -0.2) is 8.78 Å². The molecule has 0 spiro atoms. The summed E-state index contributed by atoms with van der Waals surface area (Å²) in [4.78, 5) is 11.9. The summed E-state index contributed by atoms with van der Waals surface area (Å²) in [6.45, 7) is 0. The molecule has 2 aromatic rings. The molecule has 1 amide bonds. The van der Waals surface area contributed by atoms with Gasteiger partial charge in [0, 0.05) is 20.2 Å². The molecule has 3 N–H and O–H groups in total. The van der Waals surface area contributed by atoms with Crippen LogP contribution in [0.5, 0.6) is 0 Å². The molecule has 7 heteroatoms. The highest BCUT2D eigenvalue weighted by Gasteiger charge is 2.15. The van der Waals surface area contributed by atoms with Crippen molar-refractivity contribution in [2.45, 2.75) is 0 Å². The number of anilines is 2. The Balaban J connectivity index is 2.30. The molecule has 0 radical (unpaired) electrons. The van der Waals surface area contributed by atoms with E-state index in [0.29, 0.717) is 10.2 Å². The smallest absolute Gasteiger partial charge is 0.255 e. The molecule has 2 aromatic carbocycles. The molecule has 0 fully saturated rings. The molecule has 0 aliphatic heterocycles. The quantitative estimate of drug-likeness (QED) is 0.731. The summed E-state index contributed by atoms with van der Waals surface area (Å²) < 4.78 is 28.0. The van der Waals surface area contributed by atoms with E-state index in [4.69, 9.17) is 5.73 Å². The van der Waals surface area contributed by atoms with Crippen LogP contribution >= 0.6 is 31.9 Å². The second-order valence-corrected chi connectivity index (χ2v) is 5.70. The van der Waals surface area contributed by atoms with E-state index < -0.39 is 23.2 Å². The first-order chi connectivity index (χ1) is 9.38. The minimum absolute atomic E-state index is 0.229. The van der Waals surface area contributed by atoms with Gasteiger partial charge in [0.25, 0.3) is 5.91 Å². The summed E-state index contributed by atoms with van der Waals surface area (Å²) in [6, 6.07) is 6.59. The Morgan fingerprint density at radius 2 is 1.70 bits per heavy atom. The lowest BCUT2D eigenvalue weighted by Gasteiger charge is -2.09. The zero-order chi connectivity index (χ0) is 14.9. The molecule has 0 aliphatic carbocycles. The van der Waals surface area contributed by atoms with Crippen LogP contribution in [0, 0.1) is 11.6 Å². The predicted molar refractivity (Wildman–Crippen MR) is 80.6 cm³/mol. The number of rotatable bonds is 2. The minimum Gasteiger partial charge on any atom is -0.398 e. The van der Waals surface area contributed by atoms with Crippen molar-refractivity contribution in [3.8, 4) is 0 Å². The second-order valence-electron chi connectivity index (χ2n) is 3.93. The van der Waals surface area contributed by atoms with E-state index in [2.05, 4.69) is 37.2 Å². The molecule has 0 saturated carbocycles. The van der Waals surface area contributed by atoms with Gasteiger partial charge in [0.1, 0.15) is 5.69 Å². The number of halogens is 4. The monoisotopic (exact) mass is 404 g/mol. The molecular weight excluding hydrogens is 398 g/mol. The zero-order valence-electron chi connectivity index (χ0n) is 9.88. The van der Waals surface area contributed by atoms with Gasteiger partial charge in [0.05, 0.1) is 0 Å². The van der Waals surface area contributed by atoms with Gasteiger partial charge in [0.15, 0.2) is 11.6 Å². The summed E-state index contributed by atoms with van der Waals surface area (Å²) >= 11 is 6.14. The number of nitrogen functional groups attached to an aromatic ring is 1. The summed E-state index contributed by atoms with van der Waals surface area (Å²) in [5, 5.41) is 2.20. The highest BCUT2D eigenvalue weighted by Crippen LogP contribution is 2.25. The van der Waals surface area contributed by atoms with Gasteiger partial charge in [0.2, 0.25) is 0 Å². The Bertz CT molecular complexity index is 669. The van der Waals surface area contributed by atoms with Crippen molar-refractivity contribution in [2.75, 3.05) is 11.1 Å². The maximum Gasteiger partial charge on any atom is 0.255 e. The predicted octanol–water partition coefficient (Wildman–Crippen LogP) is 4.32. The van der Waals surface area contributed by atoms with Crippen LogP contribution < -0.4 is 11.1 Å². The van der Waals surface area contributed by atoms with Crippen molar-refractivity contribution in [2.24, 2.45) is 0 Å². The van der Waals surface area contributed by atoms with E-state index in [-0.39, 0.29) is 10.0 Å². The van der Waals surface area contributed by atoms with E-state index in [1.54, 1.807) is 0 Å². The van der Waals surface area contributed by atoms with Crippen molar-refractivity contribution >= 4 is 49.1 Å². The van der Waals surface area contributed by atoms with Gasteiger partial charge in [-0.3, -0.25) is 4.79 Å². The Morgan fingerprint density at radius 1 is 1.10 bits per heavy atom. The van der Waals surface area contributed by atoms with Crippen LogP contribution in [0.3, 0.4) is 0 Å². The maximum absolute atomic E-state index is 13.6. The van der Waals surface area contributed by atoms with Crippen LogP contribution in [-0.4, -0.2) is 5.91 Å². The Labute approximate surface area is 130 Å². The minimum atomic E-state index is -0.861. The first-order valence-electron chi connectivity index (χ1n) is 5.39. The first-order valence-corrected chi connectivity index (χ1v) is 6.98. The van der Waals surface area contributed by atoms with Crippen LogP contribution in [0.2, 0.25) is 0 Å². The number of carbonyl (C=O) groups is 1. The average Bonchev–Trinajstić information content (AvgIpc) is 2.36. The van der Waals surface area contributed by atoms with Crippen LogP contribution in [0.1, 0.15) is 10.4 Å². The molecule has 0 heterocycles. The number of hydrogen-bond donors (Lipinski definition) is 2. The van der Waals surface area contributed by atoms with Gasteiger partial charge in [-0.05, 0) is 46.3 Å². The van der Waals surface area contributed by atoms with Crippen LogP contribution in [0.25, 0.3) is 0 Å². The van der Waals surface area contributed by atoms with Crippen molar-refractivity contribution in [1.29, 1.82) is 0 Å². The fourth-order valence-electron chi connectivity index (χ4n) is 1.52. The number of hydrogen-bond acceptors (Lipinski definition) is 2. The third-order valence-electron chi connectivity index (χ3n) is 2.51. The van der Waals surface area contributed by atoms with Crippen LogP contribution in [0.15, 0.2) is 39.3 Å². The molecule has 0 atom stereocenters. The molecule has 104 valence electrons. The molecule has 0 aromatic heterocycles. The lowest BCUT2D eigenvalue weighted by atomic mass is 10.2. The normalized spacial score (nSPS) is 10.4. The fraction of sp³-hybridized carbons (Fsp3) is 0. The average molecular weight is 406 g/mol. The molecule has 20 heavy (non-hydrogen) atoms. The molecule has 0 saturated heterocycles. The lowest BCUT2D eigenvalue weighted by molar-refractivity contribution is 0.102. The number of carbonyl (C=O) groups excluding carboxylic acids is 1. The van der Waals surface area contributed by atoms with E-state index in [9.17, 15) is 13.6 Å². The Kier molecular flexibility index (Phi) is 4.39. The SMILES string of the molecule is Nc1ccc(C(=O)Nc2c(F)cc(Br)cc2F)cc1Br. The molecular formula is C13H8Br2F2N2O. The molecule has 3 nitrogen and oxygen atoms in total. The van der Waals surface area contributed by atoms with Crippen molar-refractivity contribution in [1.82, 2.24) is 0 Å². The van der Waals surface area contributed by atoms with Gasteiger partial charge < -0.3 is 11.1 Å². The third-order valence-corrected chi connectivity index (χ3v) is 3.65. The largest absolute Gasteiger partial charge is 0.398 e. The van der Waals surface area contributed by atoms with Gasteiger partial charge in [-0.2, -0.15) is 0 Å². The van der Waals surface area contributed by atoms with Gasteiger partial charge in [-0.1, -0.05) is 15.9 Å². The number of benzene rings is 2. The van der Waals surface area contributed by atoms with Crippen molar-refractivity contribution < 1.29 is 13.6 Å². The van der Waals surface area contributed by atoms with E-state index in [0.717, 1.165) is 12.1 Å². The molecule has 0 aliphatic rings. The van der Waals surface area contributed by atoms with Gasteiger partial charge in [-0.15, -0.1) is 0 Å². The van der Waals surface area contributed by atoms with Crippen molar-refractivity contribution in [3.05, 3.63) is 56.5 Å². The van der Waals surface area contributed by atoms with E-state index >= 15 is 0 Å². The number of amides is 1. The first kappa shape index (κ1) is 14.9. The number of nitrogens with one attached hydrogen (secondary N) is 1. The molecule has 0 bridgehead atoms.